The van der Waals surface area contributed by atoms with Gasteiger partial charge in [0.25, 0.3) is 0 Å². The zero-order chi connectivity index (χ0) is 18.2. The molecule has 1 aromatic heterocycles. The van der Waals surface area contributed by atoms with Gasteiger partial charge < -0.3 is 0 Å². The number of benzene rings is 4. The van der Waals surface area contributed by atoms with E-state index in [9.17, 15) is 0 Å². The summed E-state index contributed by atoms with van der Waals surface area (Å²) in [4.78, 5) is 4.72. The maximum absolute atomic E-state index is 4.72. The molecule has 0 aliphatic heterocycles. The zero-order valence-corrected chi connectivity index (χ0v) is 15.2. The molecular formula is C26H19N. The molecule has 1 heteroatoms. The molecule has 0 fully saturated rings. The van der Waals surface area contributed by atoms with Crippen molar-refractivity contribution < 1.29 is 0 Å². The summed E-state index contributed by atoms with van der Waals surface area (Å²) in [5.74, 6) is 0. The van der Waals surface area contributed by atoms with Gasteiger partial charge in [-0.05, 0) is 58.0 Å². The summed E-state index contributed by atoms with van der Waals surface area (Å²) in [6, 6.07) is 32.3. The van der Waals surface area contributed by atoms with Crippen molar-refractivity contribution in [3.05, 3.63) is 103 Å². The summed E-state index contributed by atoms with van der Waals surface area (Å²) >= 11 is 0. The van der Waals surface area contributed by atoms with Gasteiger partial charge in [0.15, 0.2) is 0 Å². The van der Waals surface area contributed by atoms with Crippen molar-refractivity contribution in [2.45, 2.75) is 6.92 Å². The molecule has 0 saturated carbocycles. The van der Waals surface area contributed by atoms with E-state index in [1.54, 1.807) is 0 Å². The lowest BCUT2D eigenvalue weighted by atomic mass is 9.94. The lowest BCUT2D eigenvalue weighted by molar-refractivity contribution is 1.35. The van der Waals surface area contributed by atoms with Crippen molar-refractivity contribution in [3.63, 3.8) is 0 Å². The third-order valence-corrected chi connectivity index (χ3v) is 5.13. The van der Waals surface area contributed by atoms with E-state index in [4.69, 9.17) is 4.98 Å². The molecule has 0 spiro atoms. The summed E-state index contributed by atoms with van der Waals surface area (Å²) in [5.41, 5.74) is 5.94. The first-order valence-corrected chi connectivity index (χ1v) is 9.23. The predicted molar refractivity (Wildman–Crippen MR) is 115 cm³/mol. The zero-order valence-electron chi connectivity index (χ0n) is 15.2. The third kappa shape index (κ3) is 2.78. The molecule has 0 amide bonds. The van der Waals surface area contributed by atoms with Gasteiger partial charge in [0.05, 0.1) is 5.69 Å². The summed E-state index contributed by atoms with van der Waals surface area (Å²) in [5, 5.41) is 4.95. The van der Waals surface area contributed by atoms with Crippen LogP contribution in [0.2, 0.25) is 0 Å². The highest BCUT2D eigenvalue weighted by Gasteiger charge is 2.10. The maximum Gasteiger partial charge on any atom is 0.0780 e. The van der Waals surface area contributed by atoms with Crippen LogP contribution in [0.15, 0.2) is 97.2 Å². The number of nitrogens with zero attached hydrogens (tertiary/aromatic N) is 1. The van der Waals surface area contributed by atoms with Crippen LogP contribution in [0.1, 0.15) is 5.56 Å². The Hall–Kier alpha value is -3.45. The minimum Gasteiger partial charge on any atom is -0.256 e. The van der Waals surface area contributed by atoms with Crippen LogP contribution in [-0.4, -0.2) is 4.98 Å². The molecule has 0 bridgehead atoms. The smallest absolute Gasteiger partial charge is 0.0780 e. The van der Waals surface area contributed by atoms with Crippen LogP contribution in [-0.2, 0) is 0 Å². The number of hydrogen-bond donors (Lipinski definition) is 0. The molecule has 1 nitrogen and oxygen atoms in total. The van der Waals surface area contributed by atoms with E-state index in [-0.39, 0.29) is 0 Å². The Balaban J connectivity index is 1.76. The molecule has 0 aliphatic rings. The van der Waals surface area contributed by atoms with Crippen LogP contribution in [0.5, 0.6) is 0 Å². The first kappa shape index (κ1) is 15.8. The predicted octanol–water partition coefficient (Wildman–Crippen LogP) is 7.03. The largest absolute Gasteiger partial charge is 0.256 e. The second-order valence-electron chi connectivity index (χ2n) is 7.00. The molecule has 128 valence electrons. The maximum atomic E-state index is 4.72. The second kappa shape index (κ2) is 6.37. The van der Waals surface area contributed by atoms with Gasteiger partial charge in [0, 0.05) is 17.1 Å². The number of hydrogen-bond acceptors (Lipinski definition) is 1. The van der Waals surface area contributed by atoms with E-state index >= 15 is 0 Å². The SMILES string of the molecule is Cc1cc(-c2cccc3ccccc23)cc(-c2nccc3ccccc23)c1. The minimum atomic E-state index is 1.04. The van der Waals surface area contributed by atoms with Crippen molar-refractivity contribution in [3.8, 4) is 22.4 Å². The molecule has 27 heavy (non-hydrogen) atoms. The summed E-state index contributed by atoms with van der Waals surface area (Å²) < 4.78 is 0. The Kier molecular flexibility index (Phi) is 3.72. The fourth-order valence-corrected chi connectivity index (χ4v) is 3.90. The second-order valence-corrected chi connectivity index (χ2v) is 7.00. The Morgan fingerprint density at radius 2 is 1.26 bits per heavy atom. The van der Waals surface area contributed by atoms with Gasteiger partial charge in [0.1, 0.15) is 0 Å². The summed E-state index contributed by atoms with van der Waals surface area (Å²) in [7, 11) is 0. The highest BCUT2D eigenvalue weighted by molar-refractivity contribution is 5.99. The van der Waals surface area contributed by atoms with Gasteiger partial charge in [-0.2, -0.15) is 0 Å². The monoisotopic (exact) mass is 345 g/mol. The Morgan fingerprint density at radius 1 is 0.593 bits per heavy atom. The lowest BCUT2D eigenvalue weighted by Crippen LogP contribution is -1.89. The molecule has 1 heterocycles. The minimum absolute atomic E-state index is 1.04. The van der Waals surface area contributed by atoms with E-state index < -0.39 is 0 Å². The number of aromatic nitrogens is 1. The fourth-order valence-electron chi connectivity index (χ4n) is 3.90. The molecule has 0 saturated heterocycles. The first-order valence-electron chi connectivity index (χ1n) is 9.23. The van der Waals surface area contributed by atoms with E-state index in [0.29, 0.717) is 0 Å². The van der Waals surface area contributed by atoms with E-state index in [1.165, 1.54) is 38.2 Å². The van der Waals surface area contributed by atoms with Crippen molar-refractivity contribution in [2.75, 3.05) is 0 Å². The Labute approximate surface area is 158 Å². The Bertz CT molecular complexity index is 1180. The summed E-state index contributed by atoms with van der Waals surface area (Å²) in [6.07, 6.45) is 1.90. The molecule has 0 radical (unpaired) electrons. The van der Waals surface area contributed by atoms with Crippen LogP contribution in [0, 0.1) is 6.92 Å². The van der Waals surface area contributed by atoms with Gasteiger partial charge >= 0.3 is 0 Å². The first-order chi connectivity index (χ1) is 13.3. The van der Waals surface area contributed by atoms with Crippen molar-refractivity contribution in [1.82, 2.24) is 4.98 Å². The van der Waals surface area contributed by atoms with Gasteiger partial charge in [0.2, 0.25) is 0 Å². The number of aryl methyl sites for hydroxylation is 1. The molecule has 5 rings (SSSR count). The van der Waals surface area contributed by atoms with Gasteiger partial charge in [-0.15, -0.1) is 0 Å². The molecule has 0 atom stereocenters. The van der Waals surface area contributed by atoms with Gasteiger partial charge in [-0.25, -0.2) is 0 Å². The summed E-state index contributed by atoms with van der Waals surface area (Å²) in [6.45, 7) is 2.16. The van der Waals surface area contributed by atoms with Gasteiger partial charge in [-0.1, -0.05) is 72.8 Å². The average molecular weight is 345 g/mol. The standard InChI is InChI=1S/C26H19N/c1-18-15-21(24-12-6-9-19-7-2-4-10-23(19)24)17-22(16-18)26-25-11-5-3-8-20(25)13-14-27-26/h2-17H,1H3. The Morgan fingerprint density at radius 3 is 2.11 bits per heavy atom. The normalized spacial score (nSPS) is 11.1. The van der Waals surface area contributed by atoms with Crippen LogP contribution < -0.4 is 0 Å². The fraction of sp³-hybridized carbons (Fsp3) is 0.0385. The van der Waals surface area contributed by atoms with Crippen molar-refractivity contribution in [2.24, 2.45) is 0 Å². The number of fused-ring (bicyclic) bond motifs is 2. The third-order valence-electron chi connectivity index (χ3n) is 5.13. The molecule has 0 unspecified atom stereocenters. The number of pyridine rings is 1. The number of rotatable bonds is 2. The van der Waals surface area contributed by atoms with Crippen LogP contribution in [0.25, 0.3) is 43.9 Å². The van der Waals surface area contributed by atoms with Crippen LogP contribution in [0.3, 0.4) is 0 Å². The molecule has 0 N–H and O–H groups in total. The highest BCUT2D eigenvalue weighted by atomic mass is 14.7. The molecule has 4 aromatic carbocycles. The van der Waals surface area contributed by atoms with Crippen LogP contribution >= 0.6 is 0 Å². The highest BCUT2D eigenvalue weighted by Crippen LogP contribution is 2.34. The lowest BCUT2D eigenvalue weighted by Gasteiger charge is -2.12. The van der Waals surface area contributed by atoms with E-state index in [2.05, 4.69) is 97.9 Å². The van der Waals surface area contributed by atoms with E-state index in [0.717, 1.165) is 11.3 Å². The topological polar surface area (TPSA) is 12.9 Å². The molecule has 5 aromatic rings. The van der Waals surface area contributed by atoms with Crippen LogP contribution in [0.4, 0.5) is 0 Å². The van der Waals surface area contributed by atoms with Crippen molar-refractivity contribution in [1.29, 1.82) is 0 Å². The van der Waals surface area contributed by atoms with E-state index in [1.807, 2.05) is 6.20 Å². The quantitative estimate of drug-likeness (QED) is 0.335. The molecular weight excluding hydrogens is 326 g/mol. The van der Waals surface area contributed by atoms with Crippen molar-refractivity contribution >= 4 is 21.5 Å². The average Bonchev–Trinajstić information content (AvgIpc) is 2.72. The van der Waals surface area contributed by atoms with Gasteiger partial charge in [-0.3, -0.25) is 4.98 Å². The molecule has 0 aliphatic carbocycles.